The minimum atomic E-state index is -0.268. The van der Waals surface area contributed by atoms with Crippen molar-refractivity contribution in [3.05, 3.63) is 11.1 Å². The Bertz CT molecular complexity index is 218. The first-order valence-corrected chi connectivity index (χ1v) is 4.08. The maximum Gasteiger partial charge on any atom is 0.302 e. The summed E-state index contributed by atoms with van der Waals surface area (Å²) in [6.45, 7) is 3.70. The zero-order valence-electron chi connectivity index (χ0n) is 7.46. The lowest BCUT2D eigenvalue weighted by molar-refractivity contribution is -0.140. The van der Waals surface area contributed by atoms with Crippen molar-refractivity contribution in [3.8, 4) is 0 Å². The monoisotopic (exact) mass is 170 g/mol. The van der Waals surface area contributed by atoms with Crippen LogP contribution in [-0.2, 0) is 9.53 Å². The van der Waals surface area contributed by atoms with Crippen molar-refractivity contribution in [3.63, 3.8) is 0 Å². The second-order valence-corrected chi connectivity index (χ2v) is 3.23. The maximum atomic E-state index is 10.5. The van der Waals surface area contributed by atoms with Crippen LogP contribution in [0.4, 0.5) is 0 Å². The summed E-state index contributed by atoms with van der Waals surface area (Å²) in [6.07, 6.45) is 1.10. The summed E-state index contributed by atoms with van der Waals surface area (Å²) in [6, 6.07) is 0. The van der Waals surface area contributed by atoms with Gasteiger partial charge in [-0.2, -0.15) is 0 Å². The summed E-state index contributed by atoms with van der Waals surface area (Å²) in [5, 5.41) is 9.25. The maximum absolute atomic E-state index is 10.5. The van der Waals surface area contributed by atoms with Gasteiger partial charge in [0.2, 0.25) is 0 Å². The highest BCUT2D eigenvalue weighted by atomic mass is 16.5. The van der Waals surface area contributed by atoms with E-state index in [0.29, 0.717) is 13.0 Å². The van der Waals surface area contributed by atoms with Gasteiger partial charge in [-0.05, 0) is 25.3 Å². The van der Waals surface area contributed by atoms with Gasteiger partial charge in [-0.15, -0.1) is 0 Å². The molecule has 0 aromatic heterocycles. The van der Waals surface area contributed by atoms with Gasteiger partial charge >= 0.3 is 5.97 Å². The molecule has 0 bridgehead atoms. The van der Waals surface area contributed by atoms with E-state index >= 15 is 0 Å². The number of hydrogen-bond acceptors (Lipinski definition) is 3. The summed E-state index contributed by atoms with van der Waals surface area (Å²) in [7, 11) is 0. The van der Waals surface area contributed by atoms with Crippen LogP contribution in [0.3, 0.4) is 0 Å². The van der Waals surface area contributed by atoms with Gasteiger partial charge in [-0.25, -0.2) is 0 Å². The summed E-state index contributed by atoms with van der Waals surface area (Å²) >= 11 is 0. The lowest BCUT2D eigenvalue weighted by Crippen LogP contribution is -2.05. The van der Waals surface area contributed by atoms with Gasteiger partial charge in [0.1, 0.15) is 6.61 Å². The highest BCUT2D eigenvalue weighted by molar-refractivity contribution is 5.66. The molecule has 0 unspecified atom stereocenters. The number of rotatable bonds is 2. The number of hydrogen-bond donors (Lipinski definition) is 1. The van der Waals surface area contributed by atoms with Crippen LogP contribution < -0.4 is 0 Å². The lowest BCUT2D eigenvalue weighted by Gasteiger charge is -2.03. The van der Waals surface area contributed by atoms with Crippen molar-refractivity contribution < 1.29 is 14.6 Å². The molecule has 0 spiro atoms. The minimum Gasteiger partial charge on any atom is -0.461 e. The number of carbonyl (C=O) groups excluding carboxylic acids is 1. The topological polar surface area (TPSA) is 46.5 Å². The molecular weight excluding hydrogens is 156 g/mol. The second kappa shape index (κ2) is 3.72. The fourth-order valence-corrected chi connectivity index (χ4v) is 1.40. The average molecular weight is 170 g/mol. The van der Waals surface area contributed by atoms with E-state index in [4.69, 9.17) is 4.74 Å². The molecule has 3 nitrogen and oxygen atoms in total. The van der Waals surface area contributed by atoms with E-state index in [2.05, 4.69) is 0 Å². The third kappa shape index (κ3) is 2.34. The van der Waals surface area contributed by atoms with Gasteiger partial charge in [0.05, 0.1) is 6.10 Å². The fraction of sp³-hybridized carbons (Fsp3) is 0.667. The number of esters is 1. The Morgan fingerprint density at radius 1 is 1.67 bits per heavy atom. The highest BCUT2D eigenvalue weighted by Crippen LogP contribution is 2.25. The molecule has 1 aliphatic carbocycles. The molecule has 0 fully saturated rings. The third-order valence-electron chi connectivity index (χ3n) is 2.08. The average Bonchev–Trinajstić information content (AvgIpc) is 2.26. The van der Waals surface area contributed by atoms with Gasteiger partial charge in [-0.1, -0.05) is 5.57 Å². The molecule has 1 aliphatic rings. The fourth-order valence-electron chi connectivity index (χ4n) is 1.40. The number of ether oxygens (including phenoxy) is 1. The quantitative estimate of drug-likeness (QED) is 0.497. The molecule has 12 heavy (non-hydrogen) atoms. The van der Waals surface area contributed by atoms with Crippen LogP contribution in [-0.4, -0.2) is 23.8 Å². The predicted molar refractivity (Wildman–Crippen MR) is 44.6 cm³/mol. The Labute approximate surface area is 72.0 Å². The number of carbonyl (C=O) groups is 1. The van der Waals surface area contributed by atoms with Crippen LogP contribution in [0.5, 0.6) is 0 Å². The van der Waals surface area contributed by atoms with E-state index in [0.717, 1.165) is 17.6 Å². The van der Waals surface area contributed by atoms with Crippen LogP contribution in [0, 0.1) is 0 Å². The molecule has 0 saturated heterocycles. The van der Waals surface area contributed by atoms with Crippen molar-refractivity contribution in [1.29, 1.82) is 0 Å². The molecular formula is C9H14O3. The molecule has 0 amide bonds. The Morgan fingerprint density at radius 3 is 2.75 bits per heavy atom. The van der Waals surface area contributed by atoms with Crippen LogP contribution in [0.1, 0.15) is 26.7 Å². The first-order valence-electron chi connectivity index (χ1n) is 4.08. The largest absolute Gasteiger partial charge is 0.461 e. The van der Waals surface area contributed by atoms with E-state index in [1.807, 2.05) is 6.92 Å². The minimum absolute atomic E-state index is 0.267. The van der Waals surface area contributed by atoms with Crippen LogP contribution >= 0.6 is 0 Å². The Morgan fingerprint density at radius 2 is 2.33 bits per heavy atom. The lowest BCUT2D eigenvalue weighted by atomic mass is 10.2. The van der Waals surface area contributed by atoms with Gasteiger partial charge < -0.3 is 9.84 Å². The van der Waals surface area contributed by atoms with Crippen molar-refractivity contribution in [2.75, 3.05) is 6.61 Å². The van der Waals surface area contributed by atoms with Gasteiger partial charge in [0.25, 0.3) is 0 Å². The van der Waals surface area contributed by atoms with Crippen LogP contribution in [0.15, 0.2) is 11.1 Å². The molecule has 1 atom stereocenters. The first-order chi connectivity index (χ1) is 5.59. The summed E-state index contributed by atoms with van der Waals surface area (Å²) in [4.78, 5) is 10.5. The summed E-state index contributed by atoms with van der Waals surface area (Å²) in [5.41, 5.74) is 2.22. The normalized spacial score (nSPS) is 23.1. The molecule has 1 rings (SSSR count). The molecule has 1 N–H and O–H groups in total. The Balaban J connectivity index is 2.42. The van der Waals surface area contributed by atoms with E-state index in [9.17, 15) is 9.90 Å². The molecule has 0 saturated carbocycles. The molecule has 0 heterocycles. The van der Waals surface area contributed by atoms with Crippen LogP contribution in [0.25, 0.3) is 0 Å². The van der Waals surface area contributed by atoms with Crippen molar-refractivity contribution in [2.24, 2.45) is 0 Å². The van der Waals surface area contributed by atoms with Crippen molar-refractivity contribution in [2.45, 2.75) is 32.8 Å². The zero-order valence-corrected chi connectivity index (χ0v) is 7.46. The SMILES string of the molecule is CC(=O)OCC1=C(C)C[C@@H](O)C1. The van der Waals surface area contributed by atoms with E-state index in [-0.39, 0.29) is 12.1 Å². The second-order valence-electron chi connectivity index (χ2n) is 3.23. The molecule has 0 aromatic carbocycles. The van der Waals surface area contributed by atoms with Gasteiger partial charge in [0.15, 0.2) is 0 Å². The number of aliphatic hydroxyl groups is 1. The zero-order chi connectivity index (χ0) is 9.14. The summed E-state index contributed by atoms with van der Waals surface area (Å²) in [5.74, 6) is -0.267. The molecule has 3 heteroatoms. The molecule has 0 aromatic rings. The van der Waals surface area contributed by atoms with E-state index in [1.165, 1.54) is 6.92 Å². The van der Waals surface area contributed by atoms with Crippen LogP contribution in [0.2, 0.25) is 0 Å². The summed E-state index contributed by atoms with van der Waals surface area (Å²) < 4.78 is 4.84. The molecule has 0 aliphatic heterocycles. The highest BCUT2D eigenvalue weighted by Gasteiger charge is 2.19. The molecule has 68 valence electrons. The Kier molecular flexibility index (Phi) is 2.87. The molecule has 0 radical (unpaired) electrons. The standard InChI is InChI=1S/C9H14O3/c1-6-3-9(11)4-8(6)5-12-7(2)10/h9,11H,3-5H2,1-2H3/t9-/m1/s1. The van der Waals surface area contributed by atoms with E-state index < -0.39 is 0 Å². The van der Waals surface area contributed by atoms with Crippen molar-refractivity contribution >= 4 is 5.97 Å². The van der Waals surface area contributed by atoms with E-state index in [1.54, 1.807) is 0 Å². The van der Waals surface area contributed by atoms with Crippen molar-refractivity contribution in [1.82, 2.24) is 0 Å². The third-order valence-corrected chi connectivity index (χ3v) is 2.08. The first kappa shape index (κ1) is 9.26. The predicted octanol–water partition coefficient (Wildman–Crippen LogP) is 1.02. The van der Waals surface area contributed by atoms with Gasteiger partial charge in [-0.3, -0.25) is 4.79 Å². The number of aliphatic hydroxyl groups excluding tert-OH is 1. The van der Waals surface area contributed by atoms with Gasteiger partial charge in [0, 0.05) is 6.92 Å². The smallest absolute Gasteiger partial charge is 0.302 e. The Hall–Kier alpha value is -0.830.